The Hall–Kier alpha value is -1.88. The third kappa shape index (κ3) is 4.21. The second-order valence-corrected chi connectivity index (χ2v) is 8.87. The number of nitrogens with zero attached hydrogens (tertiary/aromatic N) is 2. The first kappa shape index (κ1) is 19.4. The molecule has 0 unspecified atom stereocenters. The number of nitrogens with one attached hydrogen (secondary N) is 1. The molecule has 1 aromatic heterocycles. The van der Waals surface area contributed by atoms with E-state index in [0.29, 0.717) is 11.0 Å². The van der Waals surface area contributed by atoms with Gasteiger partial charge in [-0.15, -0.1) is 0 Å². The van der Waals surface area contributed by atoms with Gasteiger partial charge in [0.1, 0.15) is 5.54 Å². The molecule has 1 amide bonds. The van der Waals surface area contributed by atoms with Crippen molar-refractivity contribution in [3.05, 3.63) is 41.7 Å². The standard InChI is InChI=1S/C17H21F3N3OP/c1-11-9-21-23(10-11)16(2,3)15(24)22-13-7-6-12(17(18,19)20)8-14(13)25(4)5/h6-10H,1-5H3,(H,22,24). The second kappa shape index (κ2) is 6.79. The minimum absolute atomic E-state index is 0.339. The predicted octanol–water partition coefficient (Wildman–Crippen LogP) is 3.95. The number of rotatable bonds is 4. The molecule has 0 atom stereocenters. The molecule has 0 fully saturated rings. The summed E-state index contributed by atoms with van der Waals surface area (Å²) >= 11 is 0. The van der Waals surface area contributed by atoms with Crippen molar-refractivity contribution in [1.82, 2.24) is 9.78 Å². The molecule has 0 aliphatic heterocycles. The van der Waals surface area contributed by atoms with E-state index >= 15 is 0 Å². The van der Waals surface area contributed by atoms with Crippen LogP contribution in [0, 0.1) is 6.92 Å². The number of anilines is 1. The first-order valence-electron chi connectivity index (χ1n) is 7.64. The molecule has 0 spiro atoms. The van der Waals surface area contributed by atoms with Crippen molar-refractivity contribution in [3.8, 4) is 0 Å². The van der Waals surface area contributed by atoms with Crippen LogP contribution < -0.4 is 10.6 Å². The fraction of sp³-hybridized carbons (Fsp3) is 0.412. The highest BCUT2D eigenvalue weighted by Gasteiger charge is 2.33. The van der Waals surface area contributed by atoms with E-state index in [1.807, 2.05) is 20.3 Å². The van der Waals surface area contributed by atoms with Crippen LogP contribution >= 0.6 is 7.92 Å². The van der Waals surface area contributed by atoms with Crippen molar-refractivity contribution in [2.45, 2.75) is 32.5 Å². The molecule has 0 radical (unpaired) electrons. The number of benzene rings is 1. The molecule has 0 saturated heterocycles. The number of carbonyl (C=O) groups excluding carboxylic acids is 1. The van der Waals surface area contributed by atoms with Gasteiger partial charge in [0.05, 0.1) is 11.8 Å². The lowest BCUT2D eigenvalue weighted by molar-refractivity contribution is -0.137. The van der Waals surface area contributed by atoms with E-state index in [-0.39, 0.29) is 5.91 Å². The van der Waals surface area contributed by atoms with Gasteiger partial charge in [0.2, 0.25) is 0 Å². The van der Waals surface area contributed by atoms with Gasteiger partial charge in [0, 0.05) is 11.9 Å². The molecule has 136 valence electrons. The van der Waals surface area contributed by atoms with Crippen molar-refractivity contribution in [2.75, 3.05) is 18.6 Å². The number of aromatic nitrogens is 2. The molecule has 4 nitrogen and oxygen atoms in total. The first-order valence-corrected chi connectivity index (χ1v) is 9.88. The van der Waals surface area contributed by atoms with E-state index < -0.39 is 25.2 Å². The average Bonchev–Trinajstić information content (AvgIpc) is 2.93. The summed E-state index contributed by atoms with van der Waals surface area (Å²) in [5.74, 6) is -0.339. The van der Waals surface area contributed by atoms with Crippen LogP contribution in [0.5, 0.6) is 0 Å². The molecule has 0 bridgehead atoms. The molecule has 25 heavy (non-hydrogen) atoms. The van der Waals surface area contributed by atoms with Crippen LogP contribution in [0.25, 0.3) is 0 Å². The van der Waals surface area contributed by atoms with Gasteiger partial charge in [0.15, 0.2) is 0 Å². The van der Waals surface area contributed by atoms with Gasteiger partial charge in [-0.25, -0.2) is 0 Å². The van der Waals surface area contributed by atoms with Crippen LogP contribution in [0.1, 0.15) is 25.0 Å². The molecular weight excluding hydrogens is 350 g/mol. The van der Waals surface area contributed by atoms with E-state index in [9.17, 15) is 18.0 Å². The Bertz CT molecular complexity index is 782. The summed E-state index contributed by atoms with van der Waals surface area (Å²) < 4.78 is 40.4. The van der Waals surface area contributed by atoms with E-state index in [0.717, 1.165) is 17.7 Å². The number of hydrogen-bond acceptors (Lipinski definition) is 2. The minimum Gasteiger partial charge on any atom is -0.323 e. The Balaban J connectivity index is 2.34. The summed E-state index contributed by atoms with van der Waals surface area (Å²) in [4.78, 5) is 12.7. The van der Waals surface area contributed by atoms with E-state index in [2.05, 4.69) is 10.4 Å². The summed E-state index contributed by atoms with van der Waals surface area (Å²) in [5.41, 5.74) is -0.357. The van der Waals surface area contributed by atoms with E-state index in [4.69, 9.17) is 0 Å². The van der Waals surface area contributed by atoms with Crippen molar-refractivity contribution in [1.29, 1.82) is 0 Å². The quantitative estimate of drug-likeness (QED) is 0.828. The van der Waals surface area contributed by atoms with Crippen molar-refractivity contribution >= 4 is 24.8 Å². The van der Waals surface area contributed by atoms with Gasteiger partial charge < -0.3 is 5.32 Å². The van der Waals surface area contributed by atoms with Crippen molar-refractivity contribution < 1.29 is 18.0 Å². The number of alkyl halides is 3. The predicted molar refractivity (Wildman–Crippen MR) is 94.8 cm³/mol. The Morgan fingerprint density at radius 2 is 1.88 bits per heavy atom. The molecular formula is C17H21F3N3OP. The molecule has 2 rings (SSSR count). The summed E-state index contributed by atoms with van der Waals surface area (Å²) in [7, 11) is -0.833. The summed E-state index contributed by atoms with van der Waals surface area (Å²) in [6.45, 7) is 8.98. The van der Waals surface area contributed by atoms with Crippen LogP contribution in [-0.2, 0) is 16.5 Å². The highest BCUT2D eigenvalue weighted by Crippen LogP contribution is 2.35. The Kier molecular flexibility index (Phi) is 5.28. The van der Waals surface area contributed by atoms with E-state index in [1.165, 1.54) is 6.07 Å². The summed E-state index contributed by atoms with van der Waals surface area (Å²) in [5, 5.41) is 7.44. The molecule has 1 aromatic carbocycles. The Morgan fingerprint density at radius 1 is 1.24 bits per heavy atom. The van der Waals surface area contributed by atoms with Crippen molar-refractivity contribution in [2.24, 2.45) is 0 Å². The maximum Gasteiger partial charge on any atom is 0.416 e. The summed E-state index contributed by atoms with van der Waals surface area (Å²) in [6, 6.07) is 3.43. The topological polar surface area (TPSA) is 46.9 Å². The monoisotopic (exact) mass is 371 g/mol. The van der Waals surface area contributed by atoms with Gasteiger partial charge >= 0.3 is 6.18 Å². The van der Waals surface area contributed by atoms with Gasteiger partial charge in [-0.05, 0) is 63.2 Å². The lowest BCUT2D eigenvalue weighted by Gasteiger charge is -2.25. The Morgan fingerprint density at radius 3 is 2.36 bits per heavy atom. The third-order valence-electron chi connectivity index (χ3n) is 3.90. The molecule has 2 aromatic rings. The first-order chi connectivity index (χ1) is 11.4. The third-order valence-corrected chi connectivity index (χ3v) is 5.23. The highest BCUT2D eigenvalue weighted by molar-refractivity contribution is 7.64. The number of aryl methyl sites for hydroxylation is 1. The van der Waals surface area contributed by atoms with Gasteiger partial charge in [-0.2, -0.15) is 18.3 Å². The number of carbonyl (C=O) groups is 1. The zero-order valence-corrected chi connectivity index (χ0v) is 15.7. The Labute approximate surface area is 146 Å². The second-order valence-electron chi connectivity index (χ2n) is 6.60. The van der Waals surface area contributed by atoms with Crippen LogP contribution in [-0.4, -0.2) is 29.0 Å². The van der Waals surface area contributed by atoms with Crippen molar-refractivity contribution in [3.63, 3.8) is 0 Å². The maximum atomic E-state index is 12.9. The maximum absolute atomic E-state index is 12.9. The fourth-order valence-electron chi connectivity index (χ4n) is 2.28. The smallest absolute Gasteiger partial charge is 0.323 e. The molecule has 0 saturated carbocycles. The molecule has 1 heterocycles. The average molecular weight is 371 g/mol. The number of hydrogen-bond donors (Lipinski definition) is 1. The van der Waals surface area contributed by atoms with Crippen LogP contribution in [0.4, 0.5) is 18.9 Å². The van der Waals surface area contributed by atoms with Crippen LogP contribution in [0.3, 0.4) is 0 Å². The lowest BCUT2D eigenvalue weighted by Crippen LogP contribution is -2.41. The van der Waals surface area contributed by atoms with Gasteiger partial charge in [-0.1, -0.05) is 7.92 Å². The minimum atomic E-state index is -4.41. The zero-order chi connectivity index (χ0) is 19.0. The largest absolute Gasteiger partial charge is 0.416 e. The van der Waals surface area contributed by atoms with Gasteiger partial charge in [0.25, 0.3) is 5.91 Å². The highest BCUT2D eigenvalue weighted by atomic mass is 31.1. The van der Waals surface area contributed by atoms with Crippen LogP contribution in [0.2, 0.25) is 0 Å². The molecule has 0 aliphatic carbocycles. The fourth-order valence-corrected chi connectivity index (χ4v) is 3.29. The molecule has 1 N–H and O–H groups in total. The number of amides is 1. The number of halogens is 3. The summed E-state index contributed by atoms with van der Waals surface area (Å²) in [6.07, 6.45) is -1.01. The normalized spacial score (nSPS) is 12.5. The van der Waals surface area contributed by atoms with E-state index in [1.54, 1.807) is 30.9 Å². The SMILES string of the molecule is Cc1cnn(C(C)(C)C(=O)Nc2ccc(C(F)(F)F)cc2P(C)C)c1. The molecule has 8 heteroatoms. The van der Waals surface area contributed by atoms with Crippen LogP contribution in [0.15, 0.2) is 30.6 Å². The lowest BCUT2D eigenvalue weighted by atomic mass is 10.0. The zero-order valence-electron chi connectivity index (χ0n) is 14.8. The molecule has 0 aliphatic rings. The van der Waals surface area contributed by atoms with Gasteiger partial charge in [-0.3, -0.25) is 9.48 Å².